The number of nitrogens with one attached hydrogen (secondary N) is 6. The van der Waals surface area contributed by atoms with Gasteiger partial charge in [-0.25, -0.2) is 29.5 Å². The molecule has 0 spiro atoms. The number of ether oxygens (including phenoxy) is 2. The summed E-state index contributed by atoms with van der Waals surface area (Å²) in [5, 5.41) is 14.9. The van der Waals surface area contributed by atoms with E-state index < -0.39 is 5.60 Å². The van der Waals surface area contributed by atoms with Gasteiger partial charge in [-0.15, -0.1) is 0 Å². The van der Waals surface area contributed by atoms with E-state index in [0.717, 1.165) is 180 Å². The molecule has 5 amide bonds. The molecule has 6 saturated carbocycles. The maximum Gasteiger partial charge on any atom is 0.410 e. The Bertz CT molecular complexity index is 4940. The van der Waals surface area contributed by atoms with Crippen molar-refractivity contribution < 1.29 is 38.2 Å². The van der Waals surface area contributed by atoms with Gasteiger partial charge in [0.25, 0.3) is 0 Å². The molecule has 12 aliphatic rings. The minimum atomic E-state index is -0.415. The second-order valence-corrected chi connectivity index (χ2v) is 42.5. The van der Waals surface area contributed by atoms with E-state index in [1.54, 1.807) is 19.4 Å². The molecule has 5 unspecified atom stereocenters. The van der Waals surface area contributed by atoms with E-state index in [4.69, 9.17) is 21.1 Å². The van der Waals surface area contributed by atoms with Crippen LogP contribution in [0.3, 0.4) is 0 Å². The Kier molecular flexibility index (Phi) is 36.8. The number of likely N-dealkylation sites (tertiary alicyclic amines) is 3. The molecule has 722 valence electrons. The smallest absolute Gasteiger partial charge is 0.410 e. The molecular formula is C107H154ClN17O8. The first kappa shape index (κ1) is 101. The second kappa shape index (κ2) is 48.4. The molecule has 6 aliphatic heterocycles. The second-order valence-electron chi connectivity index (χ2n) is 42.2. The van der Waals surface area contributed by atoms with Gasteiger partial charge in [-0.2, -0.15) is 0 Å². The number of halogens is 1. The minimum absolute atomic E-state index is 0.112. The lowest BCUT2D eigenvalue weighted by Gasteiger charge is -2.35. The molecule has 133 heavy (non-hydrogen) atoms. The van der Waals surface area contributed by atoms with Crippen molar-refractivity contribution in [2.45, 2.75) is 239 Å². The number of amides is 5. The van der Waals surface area contributed by atoms with Crippen molar-refractivity contribution >= 4 is 75.2 Å². The van der Waals surface area contributed by atoms with Crippen LogP contribution in [-0.2, 0) is 54.8 Å². The summed E-state index contributed by atoms with van der Waals surface area (Å²) in [6.45, 7) is 29.0. The summed E-state index contributed by atoms with van der Waals surface area (Å²) < 4.78 is 11.0. The predicted octanol–water partition coefficient (Wildman–Crippen LogP) is 17.5. The molecule has 4 aromatic heterocycles. The molecule has 0 radical (unpaired) electrons. The number of H-pyrrole nitrogens is 2. The highest BCUT2D eigenvalue weighted by molar-refractivity contribution is 6.33. The Hall–Kier alpha value is -9.37. The molecule has 8 aromatic rings. The van der Waals surface area contributed by atoms with Gasteiger partial charge in [0.05, 0.1) is 10.8 Å². The number of fused-ring (bicyclic) bond motifs is 8. The van der Waals surface area contributed by atoms with Gasteiger partial charge < -0.3 is 60.3 Å². The first-order chi connectivity index (χ1) is 63.9. The van der Waals surface area contributed by atoms with Crippen LogP contribution in [0, 0.1) is 76.9 Å². The average molecular weight is 1840 g/mol. The van der Waals surface area contributed by atoms with Crippen molar-refractivity contribution in [3.63, 3.8) is 0 Å². The van der Waals surface area contributed by atoms with Crippen molar-refractivity contribution in [2.24, 2.45) is 76.9 Å². The lowest BCUT2D eigenvalue weighted by Crippen LogP contribution is -2.44. The van der Waals surface area contributed by atoms with Crippen LogP contribution in [0.2, 0.25) is 5.15 Å². The Morgan fingerprint density at radius 2 is 0.850 bits per heavy atom. The molecule has 26 heteroatoms. The van der Waals surface area contributed by atoms with E-state index in [9.17, 15) is 28.8 Å². The van der Waals surface area contributed by atoms with Crippen LogP contribution < -0.4 is 26.2 Å². The molecule has 4 aromatic carbocycles. The highest BCUT2D eigenvalue weighted by Gasteiger charge is 2.46. The number of nitrogens with zero attached hydrogens (tertiary/aromatic N) is 11. The van der Waals surface area contributed by atoms with Crippen molar-refractivity contribution in [2.75, 3.05) is 106 Å². The average Bonchev–Trinajstić information content (AvgIpc) is 1.64. The third kappa shape index (κ3) is 29.6. The van der Waals surface area contributed by atoms with Gasteiger partial charge in [0.1, 0.15) is 51.9 Å². The molecule has 25 nitrogen and oxygen atoms in total. The maximum absolute atomic E-state index is 12.4. The SMILES string of the molecule is CC(=O)N1CC[C@H]2CC(N(C)c3ncnc4[nH]ccc34)C[C@H]2C1.CCC1C[C@H]2CCN(C(=O)OC(C)(C)C)C[C@H]2C1.CN(Cc1ccccc1)C1C[C@H]2CC(=O)NC[C@H]2C1.CN(Cc1ccccc1)C1C[C@H]2CCN(C(=O)OC(C)(C)C)C[C@H]2C1.CN(Cc1ccccc1)C1C[C@H]2CCNC[C@H]2C1.CNCc1ccccc1.Clc1ncnc2[nH]ccc12.O=C1C[C@@H]2CNC(=O)C[C@@H]2C1. The fourth-order valence-electron chi connectivity index (χ4n) is 23.1. The van der Waals surface area contributed by atoms with E-state index >= 15 is 0 Å². The Morgan fingerprint density at radius 1 is 0.451 bits per heavy atom. The molecule has 0 bridgehead atoms. The largest absolute Gasteiger partial charge is 0.444 e. The summed E-state index contributed by atoms with van der Waals surface area (Å²) in [7, 11) is 10.8. The lowest BCUT2D eigenvalue weighted by molar-refractivity contribution is -0.131. The number of anilines is 1. The summed E-state index contributed by atoms with van der Waals surface area (Å²) in [6, 6.07) is 48.9. The summed E-state index contributed by atoms with van der Waals surface area (Å²) in [6.07, 6.45) is 27.9. The number of carbonyl (C=O) groups is 6. The van der Waals surface area contributed by atoms with E-state index in [1.807, 2.05) is 99.8 Å². The zero-order chi connectivity index (χ0) is 94.3. The van der Waals surface area contributed by atoms with Crippen LogP contribution in [0.25, 0.3) is 22.1 Å². The highest BCUT2D eigenvalue weighted by Crippen LogP contribution is 2.46. The van der Waals surface area contributed by atoms with Gasteiger partial charge in [0, 0.05) is 155 Å². The number of aromatic amines is 2. The van der Waals surface area contributed by atoms with Crippen LogP contribution >= 0.6 is 11.6 Å². The fourth-order valence-corrected chi connectivity index (χ4v) is 23.3. The first-order valence-electron chi connectivity index (χ1n) is 49.8. The Balaban J connectivity index is 0.000000132. The zero-order valence-electron chi connectivity index (χ0n) is 81.7. The normalized spacial score (nSPS) is 27.1. The summed E-state index contributed by atoms with van der Waals surface area (Å²) in [5.41, 5.74) is 6.38. The fraction of sp³-hybridized carbons (Fsp3) is 0.607. The van der Waals surface area contributed by atoms with Crippen LogP contribution in [0.1, 0.15) is 200 Å². The predicted molar refractivity (Wildman–Crippen MR) is 530 cm³/mol. The van der Waals surface area contributed by atoms with Crippen LogP contribution in [-0.4, -0.2) is 231 Å². The minimum Gasteiger partial charge on any atom is -0.444 e. The molecule has 10 heterocycles. The standard InChI is InChI=1S/C21H32N2O2.C17H23N5O.C16H22N2O.C16H24N2.C15H27NO2.C8H11NO2.C8H11N.C6H4ClN3/c1-21(2,3)25-20(24)23-11-10-17-12-19(13-18(17)15-23)22(4)14-16-8-6-5-7-9-16;1-11(23)22-6-4-12-7-14(8-13(12)9-22)21(2)17-15-3-5-18-16(15)19-10-20-17;1-18(11-12-5-3-2-4-6-12)15-7-13-9-16(19)17-10-14(13)8-15;1-18(12-13-5-3-2-4-6-13)16-9-14-7-8-17-11-15(14)10-16;1-5-11-8-12-6-7-16(10-13(12)9-11)14(17)18-15(2,3)4;10-7-1-5-3-8(11)9-4-6(5)2-7;1-9-7-8-5-3-2-4-6-8;7-5-4-1-2-8-6(4)10-3-9-5/h5-9,17-19H,10-15H2,1-4H3;3,5,10,12-14H,4,6-9H2,1-2H3,(H,18,19,20);2-6,13-15H,7-11H2,1H3,(H,17,19);2-6,14-17H,7-12H2,1H3;11-13H,5-10H2,1-4H3;5-6H,1-4H2,(H,9,11);2-6,9H,7H2,1H3;1-3H,(H,8,9,10)/t17-,18-,19?;12-,13-,14?;13-,14+,15?;14-,15-,16?;11?,12-,13-;5-,6+;;/m100110../s1. The van der Waals surface area contributed by atoms with Crippen molar-refractivity contribution in [1.29, 1.82) is 0 Å². The molecular weight excluding hydrogens is 1690 g/mol. The third-order valence-corrected chi connectivity index (χ3v) is 30.7. The zero-order valence-corrected chi connectivity index (χ0v) is 82.5. The summed E-state index contributed by atoms with van der Waals surface area (Å²) in [5.74, 6) is 11.1. The van der Waals surface area contributed by atoms with Crippen LogP contribution in [0.5, 0.6) is 0 Å². The lowest BCUT2D eigenvalue weighted by atomic mass is 9.89. The van der Waals surface area contributed by atoms with Crippen molar-refractivity contribution in [3.8, 4) is 0 Å². The first-order valence-corrected chi connectivity index (χ1v) is 50.2. The van der Waals surface area contributed by atoms with E-state index in [1.165, 1.54) is 119 Å². The quantitative estimate of drug-likeness (QED) is 0.0552. The number of rotatable bonds is 14. The molecule has 6 saturated heterocycles. The molecule has 17 atom stereocenters. The third-order valence-electron chi connectivity index (χ3n) is 30.4. The number of aromatic nitrogens is 6. The van der Waals surface area contributed by atoms with Crippen LogP contribution in [0.4, 0.5) is 15.4 Å². The number of hydrogen-bond acceptors (Lipinski definition) is 18. The molecule has 6 N–H and O–H groups in total. The van der Waals surface area contributed by atoms with E-state index in [2.05, 4.69) is 209 Å². The van der Waals surface area contributed by atoms with Crippen LogP contribution in [0.15, 0.2) is 159 Å². The van der Waals surface area contributed by atoms with Crippen molar-refractivity contribution in [1.82, 2.24) is 80.6 Å². The van der Waals surface area contributed by atoms with Gasteiger partial charge in [-0.3, -0.25) is 33.9 Å². The molecule has 6 aliphatic carbocycles. The topological polar surface area (TPSA) is 275 Å². The van der Waals surface area contributed by atoms with Gasteiger partial charge >= 0.3 is 12.2 Å². The molecule has 20 rings (SSSR count). The highest BCUT2D eigenvalue weighted by atomic mass is 35.5. The number of ketones is 1. The van der Waals surface area contributed by atoms with Gasteiger partial charge in [0.15, 0.2) is 0 Å². The monoisotopic (exact) mass is 1840 g/mol. The number of piperidine rings is 6. The number of benzene rings is 4. The number of hydrogen-bond donors (Lipinski definition) is 6. The Labute approximate surface area is 796 Å². The molecule has 12 fully saturated rings. The number of carbonyl (C=O) groups excluding carboxylic acids is 6. The van der Waals surface area contributed by atoms with Gasteiger partial charge in [-0.05, 0) is 284 Å². The van der Waals surface area contributed by atoms with Crippen molar-refractivity contribution in [3.05, 3.63) is 186 Å². The number of Topliss-reactive ketones (excluding diaryl/α,β-unsaturated/α-hetero) is 1. The summed E-state index contributed by atoms with van der Waals surface area (Å²) >= 11 is 5.73. The van der Waals surface area contributed by atoms with Gasteiger partial charge in [0.2, 0.25) is 17.7 Å². The van der Waals surface area contributed by atoms with E-state index in [-0.39, 0.29) is 35.5 Å². The Morgan fingerprint density at radius 3 is 1.35 bits per heavy atom. The summed E-state index contributed by atoms with van der Waals surface area (Å²) in [4.78, 5) is 108. The van der Waals surface area contributed by atoms with E-state index in [0.29, 0.717) is 83.8 Å². The van der Waals surface area contributed by atoms with Gasteiger partial charge in [-0.1, -0.05) is 146 Å². The maximum atomic E-state index is 12.4.